The highest BCUT2D eigenvalue weighted by Gasteiger charge is 2.26. The van der Waals surface area contributed by atoms with Gasteiger partial charge in [-0.05, 0) is 29.8 Å². The molecule has 0 aromatic heterocycles. The zero-order valence-corrected chi connectivity index (χ0v) is 15.3. The van der Waals surface area contributed by atoms with E-state index in [1.54, 1.807) is 18.2 Å². The smallest absolute Gasteiger partial charge is 0.276 e. The van der Waals surface area contributed by atoms with Crippen LogP contribution in [-0.4, -0.2) is 14.1 Å². The predicted molar refractivity (Wildman–Crippen MR) is 104 cm³/mol. The highest BCUT2D eigenvalue weighted by atomic mass is 32.2. The normalized spacial score (nSPS) is 17.8. The summed E-state index contributed by atoms with van der Waals surface area (Å²) in [7, 11) is -3.72. The Hall–Kier alpha value is -3.12. The summed E-state index contributed by atoms with van der Waals surface area (Å²) < 4.78 is 31.1. The highest BCUT2D eigenvalue weighted by molar-refractivity contribution is 7.89. The Morgan fingerprint density at radius 3 is 2.22 bits per heavy atom. The van der Waals surface area contributed by atoms with Crippen molar-refractivity contribution in [3.63, 3.8) is 0 Å². The molecule has 5 nitrogen and oxygen atoms in total. The largest absolute Gasteiger partial charge is 0.485 e. The summed E-state index contributed by atoms with van der Waals surface area (Å²) in [6.45, 7) is 0. The number of benzene rings is 3. The third-order valence-electron chi connectivity index (χ3n) is 4.37. The van der Waals surface area contributed by atoms with E-state index >= 15 is 0 Å². The molecular formula is C21H18N2O3S. The van der Waals surface area contributed by atoms with Crippen molar-refractivity contribution in [2.24, 2.45) is 5.10 Å². The van der Waals surface area contributed by atoms with E-state index in [-0.39, 0.29) is 11.0 Å². The zero-order chi connectivity index (χ0) is 18.7. The Morgan fingerprint density at radius 2 is 1.48 bits per heavy atom. The molecule has 136 valence electrons. The van der Waals surface area contributed by atoms with Gasteiger partial charge in [0.05, 0.1) is 10.6 Å². The lowest BCUT2D eigenvalue weighted by Crippen LogP contribution is -2.25. The predicted octanol–water partition coefficient (Wildman–Crippen LogP) is 3.89. The van der Waals surface area contributed by atoms with Crippen LogP contribution in [-0.2, 0) is 10.0 Å². The number of rotatable bonds is 4. The van der Waals surface area contributed by atoms with Crippen LogP contribution in [0.5, 0.6) is 5.75 Å². The van der Waals surface area contributed by atoms with E-state index in [4.69, 9.17) is 4.74 Å². The minimum absolute atomic E-state index is 0.175. The van der Waals surface area contributed by atoms with E-state index in [0.717, 1.165) is 11.1 Å². The Bertz CT molecular complexity index is 1060. The Balaban J connectivity index is 1.67. The molecule has 27 heavy (non-hydrogen) atoms. The molecule has 6 heteroatoms. The molecule has 1 N–H and O–H groups in total. The number of hydrogen-bond donors (Lipinski definition) is 1. The Kier molecular flexibility index (Phi) is 4.64. The Labute approximate surface area is 158 Å². The monoisotopic (exact) mass is 378 g/mol. The number of nitrogens with one attached hydrogen (secondary N) is 1. The van der Waals surface area contributed by atoms with Crippen molar-refractivity contribution < 1.29 is 13.2 Å². The zero-order valence-electron chi connectivity index (χ0n) is 14.4. The SMILES string of the molecule is O=S(=O)(N/N=C1/CC(c2ccccc2)Oc2ccccc21)c1ccccc1. The summed E-state index contributed by atoms with van der Waals surface area (Å²) >= 11 is 0. The molecule has 0 aliphatic carbocycles. The maximum absolute atomic E-state index is 12.5. The van der Waals surface area contributed by atoms with Crippen molar-refractivity contribution in [1.29, 1.82) is 0 Å². The van der Waals surface area contributed by atoms with Crippen LogP contribution in [0.15, 0.2) is 94.9 Å². The number of sulfonamides is 1. The van der Waals surface area contributed by atoms with Crippen molar-refractivity contribution in [3.05, 3.63) is 96.1 Å². The summed E-state index contributed by atoms with van der Waals surface area (Å²) in [5.41, 5.74) is 2.45. The number of nitrogens with zero attached hydrogens (tertiary/aromatic N) is 1. The minimum Gasteiger partial charge on any atom is -0.485 e. The molecule has 1 heterocycles. The van der Waals surface area contributed by atoms with E-state index in [2.05, 4.69) is 9.93 Å². The molecule has 1 aliphatic heterocycles. The second-order valence-corrected chi connectivity index (χ2v) is 7.84. The molecular weight excluding hydrogens is 360 g/mol. The third kappa shape index (κ3) is 3.71. The minimum atomic E-state index is -3.72. The van der Waals surface area contributed by atoms with Crippen LogP contribution in [0.25, 0.3) is 0 Å². The van der Waals surface area contributed by atoms with Gasteiger partial charge in [0.1, 0.15) is 11.9 Å². The van der Waals surface area contributed by atoms with Gasteiger partial charge in [-0.1, -0.05) is 60.7 Å². The average molecular weight is 378 g/mol. The van der Waals surface area contributed by atoms with E-state index < -0.39 is 10.0 Å². The maximum atomic E-state index is 12.5. The molecule has 1 aliphatic rings. The van der Waals surface area contributed by atoms with Gasteiger partial charge in [0.25, 0.3) is 10.0 Å². The Morgan fingerprint density at radius 1 is 0.852 bits per heavy atom. The molecule has 0 saturated carbocycles. The summed E-state index contributed by atoms with van der Waals surface area (Å²) in [6.07, 6.45) is 0.249. The lowest BCUT2D eigenvalue weighted by molar-refractivity contribution is 0.206. The van der Waals surface area contributed by atoms with Crippen LogP contribution in [0, 0.1) is 0 Å². The van der Waals surface area contributed by atoms with Gasteiger partial charge in [-0.3, -0.25) is 0 Å². The van der Waals surface area contributed by atoms with Crippen LogP contribution in [0.2, 0.25) is 0 Å². The molecule has 1 unspecified atom stereocenters. The number of hydrogen-bond acceptors (Lipinski definition) is 4. The fourth-order valence-electron chi connectivity index (χ4n) is 3.02. The van der Waals surface area contributed by atoms with Gasteiger partial charge >= 0.3 is 0 Å². The van der Waals surface area contributed by atoms with Crippen LogP contribution in [0.4, 0.5) is 0 Å². The lowest BCUT2D eigenvalue weighted by Gasteiger charge is -2.27. The number of hydrazone groups is 1. The molecule has 0 amide bonds. The van der Waals surface area contributed by atoms with E-state index in [9.17, 15) is 8.42 Å². The quantitative estimate of drug-likeness (QED) is 0.700. The number of fused-ring (bicyclic) bond motifs is 1. The first-order chi connectivity index (χ1) is 13.1. The first kappa shape index (κ1) is 17.3. The lowest BCUT2D eigenvalue weighted by atomic mass is 9.96. The molecule has 0 fully saturated rings. The van der Waals surface area contributed by atoms with Crippen molar-refractivity contribution in [2.75, 3.05) is 0 Å². The van der Waals surface area contributed by atoms with Crippen LogP contribution in [0.3, 0.4) is 0 Å². The van der Waals surface area contributed by atoms with E-state index in [0.29, 0.717) is 17.9 Å². The highest BCUT2D eigenvalue weighted by Crippen LogP contribution is 2.35. The standard InChI is InChI=1S/C21H18N2O3S/c24-27(25,17-11-5-2-6-12-17)23-22-19-15-21(16-9-3-1-4-10-16)26-20-14-8-7-13-18(19)20/h1-14,21,23H,15H2/b22-19-. The van der Waals surface area contributed by atoms with E-state index in [1.807, 2.05) is 54.6 Å². The van der Waals surface area contributed by atoms with E-state index in [1.165, 1.54) is 12.1 Å². The molecule has 0 radical (unpaired) electrons. The van der Waals surface area contributed by atoms with Gasteiger partial charge < -0.3 is 4.74 Å². The fraction of sp³-hybridized carbons (Fsp3) is 0.0952. The van der Waals surface area contributed by atoms with Crippen molar-refractivity contribution in [3.8, 4) is 5.75 Å². The molecule has 0 saturated heterocycles. The van der Waals surface area contributed by atoms with Crippen LogP contribution in [0.1, 0.15) is 23.7 Å². The molecule has 0 bridgehead atoms. The molecule has 1 atom stereocenters. The van der Waals surface area contributed by atoms with Crippen LogP contribution < -0.4 is 9.57 Å². The molecule has 3 aromatic rings. The van der Waals surface area contributed by atoms with Gasteiger partial charge in [-0.2, -0.15) is 18.4 Å². The molecule has 0 spiro atoms. The number of ether oxygens (including phenoxy) is 1. The van der Waals surface area contributed by atoms with Gasteiger partial charge in [-0.15, -0.1) is 0 Å². The topological polar surface area (TPSA) is 67.8 Å². The van der Waals surface area contributed by atoms with Gasteiger partial charge in [0.2, 0.25) is 0 Å². The third-order valence-corrected chi connectivity index (χ3v) is 5.60. The first-order valence-electron chi connectivity index (χ1n) is 8.58. The fourth-order valence-corrected chi connectivity index (χ4v) is 3.87. The second-order valence-electron chi connectivity index (χ2n) is 6.18. The summed E-state index contributed by atoms with van der Waals surface area (Å²) in [4.78, 5) is 2.54. The summed E-state index contributed by atoms with van der Waals surface area (Å²) in [5, 5.41) is 4.25. The summed E-state index contributed by atoms with van der Waals surface area (Å²) in [6, 6.07) is 25.5. The first-order valence-corrected chi connectivity index (χ1v) is 10.1. The number of para-hydroxylation sites is 1. The van der Waals surface area contributed by atoms with Gasteiger partial charge in [-0.25, -0.2) is 0 Å². The molecule has 3 aromatic carbocycles. The van der Waals surface area contributed by atoms with Crippen molar-refractivity contribution >= 4 is 15.7 Å². The summed E-state index contributed by atoms with van der Waals surface area (Å²) in [5.74, 6) is 0.690. The molecule has 4 rings (SSSR count). The maximum Gasteiger partial charge on any atom is 0.276 e. The van der Waals surface area contributed by atoms with Crippen LogP contribution >= 0.6 is 0 Å². The van der Waals surface area contributed by atoms with Gasteiger partial charge in [0.15, 0.2) is 0 Å². The average Bonchev–Trinajstić information content (AvgIpc) is 2.73. The van der Waals surface area contributed by atoms with Gasteiger partial charge in [0, 0.05) is 12.0 Å². The van der Waals surface area contributed by atoms with Crippen molar-refractivity contribution in [1.82, 2.24) is 4.83 Å². The van der Waals surface area contributed by atoms with Crippen molar-refractivity contribution in [2.45, 2.75) is 17.4 Å². The second kappa shape index (κ2) is 7.25.